The summed E-state index contributed by atoms with van der Waals surface area (Å²) in [5.41, 5.74) is 27.1. The van der Waals surface area contributed by atoms with E-state index in [2.05, 4.69) is 250 Å². The van der Waals surface area contributed by atoms with E-state index in [1.165, 1.54) is 93.9 Å². The van der Waals surface area contributed by atoms with E-state index >= 15 is 0 Å². The smallest absolute Gasteiger partial charge is 0.0314 e. The van der Waals surface area contributed by atoms with E-state index in [0.717, 1.165) is 27.9 Å². The molecule has 0 aliphatic carbocycles. The van der Waals surface area contributed by atoms with Crippen molar-refractivity contribution < 1.29 is 0 Å². The minimum absolute atomic E-state index is 0.766. The van der Waals surface area contributed by atoms with E-state index in [0.29, 0.717) is 0 Å². The van der Waals surface area contributed by atoms with Gasteiger partial charge in [0.2, 0.25) is 0 Å². The number of aryl methyl sites for hydroxylation is 1. The third kappa shape index (κ3) is 8.00. The maximum Gasteiger partial charge on any atom is 0.0314 e. The Balaban J connectivity index is 1.06. The zero-order valence-corrected chi connectivity index (χ0v) is 36.8. The van der Waals surface area contributed by atoms with E-state index in [4.69, 9.17) is 5.73 Å². The summed E-state index contributed by atoms with van der Waals surface area (Å²) in [5, 5.41) is 4.90. The monoisotopic (exact) mass is 841 g/mol. The number of fused-ring (bicyclic) bond motifs is 2. The molecule has 0 atom stereocenters. The van der Waals surface area contributed by atoms with Crippen LogP contribution in [0.4, 0.5) is 5.69 Å². The Hall–Kier alpha value is -8.52. The molecule has 11 aromatic rings. The molecule has 1 nitrogen and oxygen atoms in total. The van der Waals surface area contributed by atoms with E-state index in [9.17, 15) is 0 Å². The summed E-state index contributed by atoms with van der Waals surface area (Å²) in [6.07, 6.45) is 2.31. The van der Waals surface area contributed by atoms with E-state index in [1.54, 1.807) is 0 Å². The number of hydrogen-bond acceptors (Lipinski definition) is 1. The van der Waals surface area contributed by atoms with E-state index in [1.807, 2.05) is 12.1 Å². The van der Waals surface area contributed by atoms with Crippen LogP contribution in [-0.4, -0.2) is 0 Å². The lowest BCUT2D eigenvalue weighted by Gasteiger charge is -2.19. The molecule has 1 heteroatoms. The molecule has 0 radical (unpaired) electrons. The van der Waals surface area contributed by atoms with Crippen LogP contribution in [0.3, 0.4) is 0 Å². The summed E-state index contributed by atoms with van der Waals surface area (Å²) in [6, 6.07) is 90.3. The van der Waals surface area contributed by atoms with Crippen molar-refractivity contribution in [2.75, 3.05) is 5.73 Å². The first-order chi connectivity index (χ1) is 32.5. The number of anilines is 1. The maximum absolute atomic E-state index is 6.03. The van der Waals surface area contributed by atoms with E-state index in [-0.39, 0.29) is 0 Å². The second-order valence-electron chi connectivity index (χ2n) is 17.2. The van der Waals surface area contributed by atoms with Crippen LogP contribution in [-0.2, 0) is 0 Å². The molecule has 0 heterocycles. The van der Waals surface area contributed by atoms with Gasteiger partial charge in [0.15, 0.2) is 0 Å². The van der Waals surface area contributed by atoms with Crippen molar-refractivity contribution in [1.82, 2.24) is 0 Å². The third-order valence-corrected chi connectivity index (χ3v) is 12.9. The Kier molecular flexibility index (Phi) is 10.7. The Morgan fingerprint density at radius 3 is 1.05 bits per heavy atom. The SMILES string of the molecule is Cc1ccc(-c2ccc(-c3cc(-c4ccc(-c5ccc(N)cc5)cc4)cc(-c4c5ccccc5c(-c5ccc(C=C(c6ccccc6)c6ccccc6)cc5)c5ccccc45)c3)cc2)cc1. The number of hydrogen-bond donors (Lipinski definition) is 1. The molecule has 312 valence electrons. The first-order valence-electron chi connectivity index (χ1n) is 22.7. The van der Waals surface area contributed by atoms with Crippen molar-refractivity contribution in [1.29, 1.82) is 0 Å². The molecular formula is C65H47N. The van der Waals surface area contributed by atoms with Crippen LogP contribution >= 0.6 is 0 Å². The fourth-order valence-electron chi connectivity index (χ4n) is 9.47. The minimum Gasteiger partial charge on any atom is -0.399 e. The Morgan fingerprint density at radius 1 is 0.303 bits per heavy atom. The van der Waals surface area contributed by atoms with Crippen LogP contribution in [0.25, 0.3) is 100.0 Å². The van der Waals surface area contributed by atoms with E-state index < -0.39 is 0 Å². The number of nitrogens with two attached hydrogens (primary N) is 1. The highest BCUT2D eigenvalue weighted by Crippen LogP contribution is 2.46. The molecule has 11 aromatic carbocycles. The van der Waals surface area contributed by atoms with Gasteiger partial charge >= 0.3 is 0 Å². The number of nitrogen functional groups attached to an aromatic ring is 1. The van der Waals surface area contributed by atoms with Gasteiger partial charge in [-0.15, -0.1) is 0 Å². The molecule has 0 unspecified atom stereocenters. The van der Waals surface area contributed by atoms with Crippen molar-refractivity contribution in [2.24, 2.45) is 0 Å². The summed E-state index contributed by atoms with van der Waals surface area (Å²) in [4.78, 5) is 0. The van der Waals surface area contributed by atoms with Gasteiger partial charge in [0.25, 0.3) is 0 Å². The van der Waals surface area contributed by atoms with Gasteiger partial charge in [0.05, 0.1) is 0 Å². The van der Waals surface area contributed by atoms with Crippen LogP contribution in [0, 0.1) is 6.92 Å². The summed E-state index contributed by atoms with van der Waals surface area (Å²) in [5.74, 6) is 0. The molecular weight excluding hydrogens is 795 g/mol. The molecule has 0 spiro atoms. The molecule has 0 amide bonds. The van der Waals surface area contributed by atoms with Gasteiger partial charge in [-0.25, -0.2) is 0 Å². The first-order valence-corrected chi connectivity index (χ1v) is 22.7. The number of rotatable bonds is 9. The van der Waals surface area contributed by atoms with Crippen molar-refractivity contribution in [3.05, 3.63) is 271 Å². The van der Waals surface area contributed by atoms with Crippen molar-refractivity contribution in [3.8, 4) is 66.8 Å². The fourth-order valence-corrected chi connectivity index (χ4v) is 9.47. The fraction of sp³-hybridized carbons (Fsp3) is 0.0154. The number of benzene rings is 11. The van der Waals surface area contributed by atoms with Crippen LogP contribution < -0.4 is 5.73 Å². The summed E-state index contributed by atoms with van der Waals surface area (Å²) >= 11 is 0. The predicted octanol–water partition coefficient (Wildman–Crippen LogP) is 17.5. The molecule has 0 saturated carbocycles. The van der Waals surface area contributed by atoms with Gasteiger partial charge in [0.1, 0.15) is 0 Å². The Labute approximate surface area is 387 Å². The van der Waals surface area contributed by atoms with Gasteiger partial charge in [-0.3, -0.25) is 0 Å². The summed E-state index contributed by atoms with van der Waals surface area (Å²) in [7, 11) is 0. The minimum atomic E-state index is 0.766. The van der Waals surface area contributed by atoms with Gasteiger partial charge in [-0.1, -0.05) is 224 Å². The largest absolute Gasteiger partial charge is 0.399 e. The average Bonchev–Trinajstić information content (AvgIpc) is 3.38. The molecule has 0 aromatic heterocycles. The van der Waals surface area contributed by atoms with Crippen molar-refractivity contribution in [3.63, 3.8) is 0 Å². The van der Waals surface area contributed by atoms with Crippen LogP contribution in [0.2, 0.25) is 0 Å². The van der Waals surface area contributed by atoms with Crippen LogP contribution in [0.15, 0.2) is 249 Å². The third-order valence-electron chi connectivity index (χ3n) is 12.9. The van der Waals surface area contributed by atoms with Gasteiger partial charge in [-0.05, 0) is 154 Å². The zero-order chi connectivity index (χ0) is 44.4. The summed E-state index contributed by atoms with van der Waals surface area (Å²) < 4.78 is 0. The van der Waals surface area contributed by atoms with Gasteiger partial charge in [-0.2, -0.15) is 0 Å². The quantitative estimate of drug-likeness (QED) is 0.0874. The topological polar surface area (TPSA) is 26.0 Å². The van der Waals surface area contributed by atoms with Crippen LogP contribution in [0.1, 0.15) is 22.3 Å². The average molecular weight is 842 g/mol. The molecule has 0 fully saturated rings. The van der Waals surface area contributed by atoms with Gasteiger partial charge < -0.3 is 5.73 Å². The maximum atomic E-state index is 6.03. The second kappa shape index (κ2) is 17.6. The van der Waals surface area contributed by atoms with Gasteiger partial charge in [0, 0.05) is 5.69 Å². The Morgan fingerprint density at radius 2 is 0.621 bits per heavy atom. The molecule has 66 heavy (non-hydrogen) atoms. The Bertz CT molecular complexity index is 3310. The second-order valence-corrected chi connectivity index (χ2v) is 17.2. The molecule has 0 aliphatic heterocycles. The van der Waals surface area contributed by atoms with Crippen molar-refractivity contribution in [2.45, 2.75) is 6.92 Å². The predicted molar refractivity (Wildman–Crippen MR) is 283 cm³/mol. The van der Waals surface area contributed by atoms with Crippen molar-refractivity contribution >= 4 is 38.9 Å². The van der Waals surface area contributed by atoms with Crippen LogP contribution in [0.5, 0.6) is 0 Å². The highest BCUT2D eigenvalue weighted by Gasteiger charge is 2.19. The lowest BCUT2D eigenvalue weighted by molar-refractivity contribution is 1.47. The molecule has 0 saturated heterocycles. The zero-order valence-electron chi connectivity index (χ0n) is 36.8. The normalized spacial score (nSPS) is 11.2. The summed E-state index contributed by atoms with van der Waals surface area (Å²) in [6.45, 7) is 2.13. The first kappa shape index (κ1) is 40.3. The highest BCUT2D eigenvalue weighted by molar-refractivity contribution is 6.21. The molecule has 0 aliphatic rings. The molecule has 0 bridgehead atoms. The lowest BCUT2D eigenvalue weighted by Crippen LogP contribution is -1.93. The molecule has 11 rings (SSSR count). The standard InChI is InChI=1S/C65H47N/c1-44-20-24-46(25-21-44)47-28-32-50(33-29-47)55-41-56(51-34-30-48(31-35-51)49-36-38-58(66)39-37-49)43-57(42-55)65-61-18-10-8-16-59(61)64(60-17-9-11-19-62(60)65)54-26-22-45(23-27-54)40-63(52-12-4-2-5-13-52)53-14-6-3-7-15-53/h2-43H,66H2,1H3. The molecule has 2 N–H and O–H groups in total. The highest BCUT2D eigenvalue weighted by atomic mass is 14.5. The lowest BCUT2D eigenvalue weighted by atomic mass is 9.84.